The number of nitrogens with zero attached hydrogens (tertiary/aromatic N) is 3. The second kappa shape index (κ2) is 3.03. The molecule has 0 spiro atoms. The lowest BCUT2D eigenvalue weighted by Crippen LogP contribution is -2.39. The van der Waals surface area contributed by atoms with Gasteiger partial charge in [0, 0.05) is 24.0 Å². The van der Waals surface area contributed by atoms with Gasteiger partial charge < -0.3 is 9.51 Å². The van der Waals surface area contributed by atoms with Gasteiger partial charge in [-0.2, -0.15) is 0 Å². The quantitative estimate of drug-likeness (QED) is 0.796. The van der Waals surface area contributed by atoms with Gasteiger partial charge in [0.05, 0.1) is 18.5 Å². The molecule has 0 aromatic carbocycles. The molecule has 1 N–H and O–H groups in total. The molecule has 1 fully saturated rings. The first-order valence-corrected chi connectivity index (χ1v) is 5.24. The highest BCUT2D eigenvalue weighted by molar-refractivity contribution is 5.40. The topological polar surface area (TPSA) is 50.4 Å². The van der Waals surface area contributed by atoms with E-state index in [-0.39, 0.29) is 12.0 Å². The van der Waals surface area contributed by atoms with E-state index in [2.05, 4.69) is 9.97 Å². The maximum absolute atomic E-state index is 9.51. The Morgan fingerprint density at radius 1 is 1.40 bits per heavy atom. The van der Waals surface area contributed by atoms with Crippen LogP contribution in [0.3, 0.4) is 0 Å². The zero-order valence-electron chi connectivity index (χ0n) is 8.43. The van der Waals surface area contributed by atoms with Gasteiger partial charge in [0.25, 0.3) is 0 Å². The van der Waals surface area contributed by atoms with Crippen LogP contribution < -0.4 is 0 Å². The third-order valence-corrected chi connectivity index (χ3v) is 3.47. The van der Waals surface area contributed by atoms with Crippen molar-refractivity contribution in [3.05, 3.63) is 30.5 Å². The van der Waals surface area contributed by atoms with E-state index < -0.39 is 0 Å². The number of aromatic nitrogens is 3. The first-order valence-electron chi connectivity index (χ1n) is 5.24. The van der Waals surface area contributed by atoms with Crippen LogP contribution in [0.15, 0.2) is 24.8 Å². The van der Waals surface area contributed by atoms with Crippen LogP contribution in [-0.2, 0) is 5.41 Å². The van der Waals surface area contributed by atoms with Gasteiger partial charge in [0.1, 0.15) is 0 Å². The van der Waals surface area contributed by atoms with Gasteiger partial charge in [0.15, 0.2) is 5.65 Å². The molecule has 2 heterocycles. The fourth-order valence-electron chi connectivity index (χ4n) is 2.33. The number of aliphatic hydroxyl groups is 1. The molecule has 78 valence electrons. The van der Waals surface area contributed by atoms with Crippen LogP contribution in [0.5, 0.6) is 0 Å². The molecule has 1 aliphatic carbocycles. The normalized spacial score (nSPS) is 19.0. The van der Waals surface area contributed by atoms with E-state index in [0.717, 1.165) is 24.2 Å². The average Bonchev–Trinajstić information content (AvgIpc) is 2.62. The van der Waals surface area contributed by atoms with Crippen LogP contribution in [0, 0.1) is 0 Å². The molecular weight excluding hydrogens is 190 g/mol. The predicted octanol–water partition coefficient (Wildman–Crippen LogP) is 1.14. The summed E-state index contributed by atoms with van der Waals surface area (Å²) < 4.78 is 2.03. The SMILES string of the molecule is OCC1(c2cnc3cnccn23)CCC1. The second-order valence-electron chi connectivity index (χ2n) is 4.24. The fourth-order valence-corrected chi connectivity index (χ4v) is 2.33. The Labute approximate surface area is 87.6 Å². The van der Waals surface area contributed by atoms with Crippen LogP contribution in [0.2, 0.25) is 0 Å². The van der Waals surface area contributed by atoms with Gasteiger partial charge in [-0.3, -0.25) is 4.98 Å². The third-order valence-electron chi connectivity index (χ3n) is 3.47. The Morgan fingerprint density at radius 2 is 2.27 bits per heavy atom. The third kappa shape index (κ3) is 1.11. The lowest BCUT2D eigenvalue weighted by atomic mass is 9.67. The predicted molar refractivity (Wildman–Crippen MR) is 55.6 cm³/mol. The molecule has 0 radical (unpaired) electrons. The minimum absolute atomic E-state index is 0.0548. The van der Waals surface area contributed by atoms with E-state index in [0.29, 0.717) is 0 Å². The molecule has 0 bridgehead atoms. The van der Waals surface area contributed by atoms with Gasteiger partial charge in [0.2, 0.25) is 0 Å². The number of hydrogen-bond acceptors (Lipinski definition) is 3. The monoisotopic (exact) mass is 203 g/mol. The molecule has 0 saturated heterocycles. The molecule has 4 nitrogen and oxygen atoms in total. The average molecular weight is 203 g/mol. The molecule has 0 unspecified atom stereocenters. The van der Waals surface area contributed by atoms with Crippen molar-refractivity contribution >= 4 is 5.65 Å². The molecule has 0 atom stereocenters. The van der Waals surface area contributed by atoms with Crippen LogP contribution >= 0.6 is 0 Å². The lowest BCUT2D eigenvalue weighted by molar-refractivity contribution is 0.115. The van der Waals surface area contributed by atoms with E-state index in [1.54, 1.807) is 12.4 Å². The summed E-state index contributed by atoms with van der Waals surface area (Å²) in [7, 11) is 0. The summed E-state index contributed by atoms with van der Waals surface area (Å²) in [5, 5.41) is 9.51. The van der Waals surface area contributed by atoms with E-state index in [1.807, 2.05) is 16.8 Å². The van der Waals surface area contributed by atoms with Crippen molar-refractivity contribution in [2.75, 3.05) is 6.61 Å². The molecule has 2 aromatic rings. The van der Waals surface area contributed by atoms with Crippen molar-refractivity contribution in [1.82, 2.24) is 14.4 Å². The highest BCUT2D eigenvalue weighted by Crippen LogP contribution is 2.43. The van der Waals surface area contributed by atoms with E-state index in [9.17, 15) is 5.11 Å². The zero-order valence-corrected chi connectivity index (χ0v) is 8.43. The molecule has 0 aliphatic heterocycles. The molecule has 15 heavy (non-hydrogen) atoms. The second-order valence-corrected chi connectivity index (χ2v) is 4.24. The Hall–Kier alpha value is -1.42. The lowest BCUT2D eigenvalue weighted by Gasteiger charge is -2.39. The summed E-state index contributed by atoms with van der Waals surface area (Å²) in [6, 6.07) is 0. The highest BCUT2D eigenvalue weighted by Gasteiger charge is 2.40. The Bertz CT molecular complexity index is 482. The van der Waals surface area contributed by atoms with Gasteiger partial charge in [-0.15, -0.1) is 0 Å². The number of hydrogen-bond donors (Lipinski definition) is 1. The summed E-state index contributed by atoms with van der Waals surface area (Å²) in [4.78, 5) is 8.34. The number of aliphatic hydroxyl groups excluding tert-OH is 1. The van der Waals surface area contributed by atoms with Gasteiger partial charge >= 0.3 is 0 Å². The van der Waals surface area contributed by atoms with Crippen LogP contribution in [-0.4, -0.2) is 26.1 Å². The molecule has 4 heteroatoms. The molecule has 3 rings (SSSR count). The Balaban J connectivity index is 2.18. The fraction of sp³-hybridized carbons (Fsp3) is 0.455. The zero-order chi connectivity index (χ0) is 10.3. The van der Waals surface area contributed by atoms with Gasteiger partial charge in [-0.05, 0) is 12.8 Å². The summed E-state index contributed by atoms with van der Waals surface area (Å²) in [5.74, 6) is 0. The number of imidazole rings is 1. The van der Waals surface area contributed by atoms with E-state index >= 15 is 0 Å². The Morgan fingerprint density at radius 3 is 2.93 bits per heavy atom. The summed E-state index contributed by atoms with van der Waals surface area (Å²) in [6.45, 7) is 0.211. The van der Waals surface area contributed by atoms with Crippen molar-refractivity contribution in [2.24, 2.45) is 0 Å². The highest BCUT2D eigenvalue weighted by atomic mass is 16.3. The summed E-state index contributed by atoms with van der Waals surface area (Å²) in [5.41, 5.74) is 1.92. The molecule has 0 amide bonds. The maximum atomic E-state index is 9.51. The minimum atomic E-state index is -0.0548. The standard InChI is InChI=1S/C11H13N3O/c15-8-11(2-1-3-11)9-6-13-10-7-12-4-5-14(9)10/h4-7,15H,1-3,8H2. The smallest absolute Gasteiger partial charge is 0.155 e. The largest absolute Gasteiger partial charge is 0.395 e. The Kier molecular flexibility index (Phi) is 1.79. The first-order chi connectivity index (χ1) is 7.36. The van der Waals surface area contributed by atoms with Crippen LogP contribution in [0.4, 0.5) is 0 Å². The maximum Gasteiger partial charge on any atom is 0.155 e. The van der Waals surface area contributed by atoms with Crippen molar-refractivity contribution in [3.63, 3.8) is 0 Å². The first kappa shape index (κ1) is 8.85. The molecule has 1 aliphatic rings. The van der Waals surface area contributed by atoms with E-state index in [4.69, 9.17) is 0 Å². The molecule has 2 aromatic heterocycles. The van der Waals surface area contributed by atoms with Gasteiger partial charge in [-0.1, -0.05) is 6.42 Å². The minimum Gasteiger partial charge on any atom is -0.395 e. The van der Waals surface area contributed by atoms with Crippen LogP contribution in [0.25, 0.3) is 5.65 Å². The number of fused-ring (bicyclic) bond motifs is 1. The summed E-state index contributed by atoms with van der Waals surface area (Å²) >= 11 is 0. The number of rotatable bonds is 2. The van der Waals surface area contributed by atoms with Crippen LogP contribution in [0.1, 0.15) is 25.0 Å². The van der Waals surface area contributed by atoms with E-state index in [1.165, 1.54) is 6.42 Å². The molecular formula is C11H13N3O. The summed E-state index contributed by atoms with van der Waals surface area (Å²) in [6.07, 6.45) is 10.6. The van der Waals surface area contributed by atoms with Crippen molar-refractivity contribution in [2.45, 2.75) is 24.7 Å². The van der Waals surface area contributed by atoms with Crippen molar-refractivity contribution < 1.29 is 5.11 Å². The van der Waals surface area contributed by atoms with Gasteiger partial charge in [-0.25, -0.2) is 4.98 Å². The van der Waals surface area contributed by atoms with Crippen molar-refractivity contribution in [1.29, 1.82) is 0 Å². The molecule has 1 saturated carbocycles. The van der Waals surface area contributed by atoms with Crippen molar-refractivity contribution in [3.8, 4) is 0 Å².